The zero-order valence-electron chi connectivity index (χ0n) is 8.04. The lowest BCUT2D eigenvalue weighted by molar-refractivity contribution is -0.137. The van der Waals surface area contributed by atoms with Gasteiger partial charge in [-0.05, 0) is 6.08 Å². The number of hydrogen-bond acceptors (Lipinski definition) is 6. The predicted octanol–water partition coefficient (Wildman–Crippen LogP) is -3.08. The van der Waals surface area contributed by atoms with Crippen molar-refractivity contribution in [2.45, 2.75) is 12.2 Å². The first-order valence-electron chi connectivity index (χ1n) is 3.93. The molecule has 0 spiro atoms. The topological polar surface area (TPSA) is 141 Å². The van der Waals surface area contributed by atoms with E-state index in [1.54, 1.807) is 0 Å². The Kier molecular flexibility index (Phi) is 10.0. The van der Waals surface area contributed by atoms with E-state index in [0.29, 0.717) is 0 Å². The average Bonchev–Trinajstić information content (AvgIpc) is 2.26. The summed E-state index contributed by atoms with van der Waals surface area (Å²) in [6, 6.07) is 0. The Hall–Kier alpha value is -1.28. The number of Topliss-reactive ketones (excluding diaryl/α,β-unsaturated/α-hetero) is 1. The van der Waals surface area contributed by atoms with Gasteiger partial charge >= 0.3 is 0 Å². The number of hydrogen-bond donors (Lipinski definition) is 5. The second-order valence-electron chi connectivity index (χ2n) is 2.43. The summed E-state index contributed by atoms with van der Waals surface area (Å²) < 4.78 is 0. The van der Waals surface area contributed by atoms with Gasteiger partial charge in [0.1, 0.15) is 18.8 Å². The number of primary amides is 1. The fourth-order valence-corrected chi connectivity index (χ4v) is 0.408. The number of aliphatic hydroxyl groups is 4. The van der Waals surface area contributed by atoms with Crippen LogP contribution in [0.4, 0.5) is 0 Å². The standard InChI is InChI=1S/C5H10O5.C3H5NO/c6-1-3(8)5(10)4(9)2-7;1-2-3(4)5/h3,5-8,10H,1-2H2;2H,1H2,(H2,4,5)/t3-,5+;/m1./s1. The van der Waals surface area contributed by atoms with Crippen molar-refractivity contribution in [3.8, 4) is 0 Å². The smallest absolute Gasteiger partial charge is 0.240 e. The molecule has 0 saturated carbocycles. The van der Waals surface area contributed by atoms with E-state index >= 15 is 0 Å². The molecular weight excluding hydrogens is 206 g/mol. The van der Waals surface area contributed by atoms with E-state index in [2.05, 4.69) is 12.3 Å². The zero-order valence-corrected chi connectivity index (χ0v) is 8.04. The molecule has 0 rings (SSSR count). The normalized spacial score (nSPS) is 13.1. The number of amides is 1. The highest BCUT2D eigenvalue weighted by Crippen LogP contribution is 1.92. The van der Waals surface area contributed by atoms with Crippen LogP contribution in [-0.4, -0.2) is 57.5 Å². The van der Waals surface area contributed by atoms with Crippen LogP contribution in [0.15, 0.2) is 12.7 Å². The monoisotopic (exact) mass is 221 g/mol. The molecule has 7 heteroatoms. The van der Waals surface area contributed by atoms with Crippen molar-refractivity contribution in [2.75, 3.05) is 13.2 Å². The first-order chi connectivity index (χ1) is 6.90. The van der Waals surface area contributed by atoms with Crippen molar-refractivity contribution < 1.29 is 30.0 Å². The van der Waals surface area contributed by atoms with Crippen molar-refractivity contribution in [1.29, 1.82) is 0 Å². The molecule has 0 heterocycles. The number of rotatable bonds is 5. The summed E-state index contributed by atoms with van der Waals surface area (Å²) in [7, 11) is 0. The highest BCUT2D eigenvalue weighted by atomic mass is 16.4. The Morgan fingerprint density at radius 2 is 1.73 bits per heavy atom. The highest BCUT2D eigenvalue weighted by Gasteiger charge is 2.21. The molecule has 0 fully saturated rings. The first-order valence-corrected chi connectivity index (χ1v) is 3.93. The van der Waals surface area contributed by atoms with E-state index in [0.717, 1.165) is 6.08 Å². The van der Waals surface area contributed by atoms with Crippen molar-refractivity contribution in [2.24, 2.45) is 5.73 Å². The summed E-state index contributed by atoms with van der Waals surface area (Å²) in [5.41, 5.74) is 4.53. The number of carbonyl (C=O) groups excluding carboxylic acids is 2. The fourth-order valence-electron chi connectivity index (χ4n) is 0.408. The van der Waals surface area contributed by atoms with E-state index in [9.17, 15) is 9.59 Å². The zero-order chi connectivity index (χ0) is 12.4. The van der Waals surface area contributed by atoms with Gasteiger partial charge in [-0.15, -0.1) is 0 Å². The van der Waals surface area contributed by atoms with Crippen molar-refractivity contribution in [3.05, 3.63) is 12.7 Å². The number of nitrogens with two attached hydrogens (primary N) is 1. The summed E-state index contributed by atoms with van der Waals surface area (Å²) in [5.74, 6) is -1.38. The van der Waals surface area contributed by atoms with Gasteiger partial charge in [-0.25, -0.2) is 0 Å². The summed E-state index contributed by atoms with van der Waals surface area (Å²) in [4.78, 5) is 19.8. The van der Waals surface area contributed by atoms with Crippen molar-refractivity contribution in [3.63, 3.8) is 0 Å². The molecule has 6 N–H and O–H groups in total. The minimum absolute atomic E-state index is 0.481. The number of ketones is 1. The molecule has 0 aliphatic carbocycles. The van der Waals surface area contributed by atoms with Gasteiger partial charge < -0.3 is 26.2 Å². The van der Waals surface area contributed by atoms with Crippen LogP contribution in [0.5, 0.6) is 0 Å². The molecular formula is C8H15NO6. The number of carbonyl (C=O) groups is 2. The molecule has 88 valence electrons. The second-order valence-corrected chi connectivity index (χ2v) is 2.43. The largest absolute Gasteiger partial charge is 0.394 e. The van der Waals surface area contributed by atoms with Crippen molar-refractivity contribution in [1.82, 2.24) is 0 Å². The van der Waals surface area contributed by atoms with Gasteiger partial charge in [0.05, 0.1) is 6.61 Å². The van der Waals surface area contributed by atoms with Crippen LogP contribution in [-0.2, 0) is 9.59 Å². The molecule has 0 aromatic heterocycles. The Bertz CT molecular complexity index is 217. The Morgan fingerprint density at radius 1 is 1.33 bits per heavy atom. The van der Waals surface area contributed by atoms with Gasteiger partial charge in [-0.2, -0.15) is 0 Å². The maximum atomic E-state index is 10.3. The van der Waals surface area contributed by atoms with Crippen LogP contribution in [0.25, 0.3) is 0 Å². The molecule has 1 amide bonds. The third-order valence-electron chi connectivity index (χ3n) is 1.24. The highest BCUT2D eigenvalue weighted by molar-refractivity contribution is 5.85. The average molecular weight is 221 g/mol. The van der Waals surface area contributed by atoms with Crippen LogP contribution in [0.3, 0.4) is 0 Å². The maximum Gasteiger partial charge on any atom is 0.240 e. The van der Waals surface area contributed by atoms with Gasteiger partial charge in [0, 0.05) is 0 Å². The molecule has 7 nitrogen and oxygen atoms in total. The quantitative estimate of drug-likeness (QED) is 0.312. The molecule has 0 aromatic carbocycles. The molecule has 15 heavy (non-hydrogen) atoms. The third kappa shape index (κ3) is 9.03. The van der Waals surface area contributed by atoms with Crippen molar-refractivity contribution >= 4 is 11.7 Å². The van der Waals surface area contributed by atoms with Gasteiger partial charge in [0.15, 0.2) is 5.78 Å². The first kappa shape index (κ1) is 16.2. The maximum absolute atomic E-state index is 10.3. The van der Waals surface area contributed by atoms with Gasteiger partial charge in [0.2, 0.25) is 5.91 Å². The lowest BCUT2D eigenvalue weighted by Crippen LogP contribution is -2.37. The second kappa shape index (κ2) is 9.28. The molecule has 2 atom stereocenters. The molecule has 0 radical (unpaired) electrons. The van der Waals surface area contributed by atoms with E-state index in [-0.39, 0.29) is 0 Å². The summed E-state index contributed by atoms with van der Waals surface area (Å²) >= 11 is 0. The lowest BCUT2D eigenvalue weighted by Gasteiger charge is -2.11. The molecule has 0 saturated heterocycles. The van der Waals surface area contributed by atoms with E-state index in [1.165, 1.54) is 0 Å². The Labute approximate surface area is 86.4 Å². The lowest BCUT2D eigenvalue weighted by atomic mass is 10.1. The van der Waals surface area contributed by atoms with Gasteiger partial charge in [-0.3, -0.25) is 9.59 Å². The van der Waals surface area contributed by atoms with Crippen LogP contribution in [0.1, 0.15) is 0 Å². The van der Waals surface area contributed by atoms with Crippen LogP contribution in [0.2, 0.25) is 0 Å². The van der Waals surface area contributed by atoms with E-state index < -0.39 is 37.1 Å². The van der Waals surface area contributed by atoms with E-state index in [1.807, 2.05) is 0 Å². The van der Waals surface area contributed by atoms with Gasteiger partial charge in [-0.1, -0.05) is 6.58 Å². The van der Waals surface area contributed by atoms with Crippen LogP contribution in [0, 0.1) is 0 Å². The van der Waals surface area contributed by atoms with Gasteiger partial charge in [0.25, 0.3) is 0 Å². The van der Waals surface area contributed by atoms with Crippen LogP contribution < -0.4 is 5.73 Å². The molecule has 0 bridgehead atoms. The molecule has 0 unspecified atom stereocenters. The number of aliphatic hydroxyl groups excluding tert-OH is 4. The Balaban J connectivity index is 0. The predicted molar refractivity (Wildman–Crippen MR) is 50.6 cm³/mol. The fraction of sp³-hybridized carbons (Fsp3) is 0.500. The minimum atomic E-state index is -1.69. The Morgan fingerprint density at radius 3 is 1.93 bits per heavy atom. The summed E-state index contributed by atoms with van der Waals surface area (Å²) in [6.07, 6.45) is -2.13. The minimum Gasteiger partial charge on any atom is -0.394 e. The SMILES string of the molecule is C=CC(N)=O.O=C(CO)[C@@H](O)[C@H](O)CO. The summed E-state index contributed by atoms with van der Waals surface area (Å²) in [5, 5.41) is 33.6. The molecule has 0 aliphatic rings. The summed E-state index contributed by atoms with van der Waals surface area (Å²) in [6.45, 7) is 1.55. The molecule has 0 aromatic rings. The third-order valence-corrected chi connectivity index (χ3v) is 1.24. The van der Waals surface area contributed by atoms with Crippen LogP contribution >= 0.6 is 0 Å². The van der Waals surface area contributed by atoms with E-state index in [4.69, 9.17) is 20.4 Å². The molecule has 0 aliphatic heterocycles.